The van der Waals surface area contributed by atoms with Gasteiger partial charge in [-0.3, -0.25) is 10.1 Å². The average Bonchev–Trinajstić information content (AvgIpc) is 2.53. The number of nitrogens with zero attached hydrogens (tertiary/aromatic N) is 2. The highest BCUT2D eigenvalue weighted by Gasteiger charge is 2.31. The lowest BCUT2D eigenvalue weighted by atomic mass is 10.1. The topological polar surface area (TPSA) is 91.7 Å². The molecular weight excluding hydrogens is 286 g/mol. The second kappa shape index (κ2) is 6.80. The first kappa shape index (κ1) is 15.6. The Balaban J connectivity index is 2.02. The van der Waals surface area contributed by atoms with Crippen molar-refractivity contribution in [3.05, 3.63) is 23.8 Å². The predicted octanol–water partition coefficient (Wildman–Crippen LogP) is 0.938. The summed E-state index contributed by atoms with van der Waals surface area (Å²) in [7, 11) is 3.12. The van der Waals surface area contributed by atoms with E-state index in [1.165, 1.54) is 4.90 Å². The van der Waals surface area contributed by atoms with Crippen LogP contribution in [0.15, 0.2) is 18.2 Å². The first-order valence-corrected chi connectivity index (χ1v) is 6.79. The number of benzene rings is 1. The van der Waals surface area contributed by atoms with Crippen molar-refractivity contribution in [1.29, 1.82) is 5.26 Å². The summed E-state index contributed by atoms with van der Waals surface area (Å²) in [6.07, 6.45) is 0.583. The van der Waals surface area contributed by atoms with Gasteiger partial charge in [-0.1, -0.05) is 6.07 Å². The third-order valence-electron chi connectivity index (χ3n) is 3.51. The van der Waals surface area contributed by atoms with Crippen molar-refractivity contribution in [2.45, 2.75) is 6.42 Å². The van der Waals surface area contributed by atoms with Crippen LogP contribution in [-0.4, -0.2) is 44.1 Å². The van der Waals surface area contributed by atoms with E-state index in [1.807, 2.05) is 18.2 Å². The quantitative estimate of drug-likeness (QED) is 0.874. The van der Waals surface area contributed by atoms with Gasteiger partial charge in [0.25, 0.3) is 0 Å². The molecule has 1 aromatic rings. The van der Waals surface area contributed by atoms with Crippen LogP contribution in [0.3, 0.4) is 0 Å². The lowest BCUT2D eigenvalue weighted by Crippen LogP contribution is -2.54. The lowest BCUT2D eigenvalue weighted by Gasteiger charge is -2.29. The Morgan fingerprint density at radius 3 is 2.68 bits per heavy atom. The van der Waals surface area contributed by atoms with E-state index in [1.54, 1.807) is 20.3 Å². The maximum atomic E-state index is 11.8. The van der Waals surface area contributed by atoms with Crippen LogP contribution in [0.2, 0.25) is 0 Å². The van der Waals surface area contributed by atoms with Gasteiger partial charge >= 0.3 is 6.03 Å². The van der Waals surface area contributed by atoms with Gasteiger partial charge in [0.05, 0.1) is 20.3 Å². The summed E-state index contributed by atoms with van der Waals surface area (Å²) in [5.41, 5.74) is 0.968. The molecule has 1 atom stereocenters. The molecule has 116 valence electrons. The number of ether oxygens (including phenoxy) is 2. The molecule has 1 aliphatic heterocycles. The average molecular weight is 303 g/mol. The molecule has 0 aromatic heterocycles. The van der Waals surface area contributed by atoms with Crippen LogP contribution in [0.5, 0.6) is 11.5 Å². The zero-order chi connectivity index (χ0) is 16.1. The fourth-order valence-corrected chi connectivity index (χ4v) is 2.25. The monoisotopic (exact) mass is 303 g/mol. The van der Waals surface area contributed by atoms with Gasteiger partial charge < -0.3 is 14.4 Å². The van der Waals surface area contributed by atoms with Crippen LogP contribution in [0.1, 0.15) is 5.56 Å². The Kier molecular flexibility index (Phi) is 4.84. The Hall–Kier alpha value is -2.75. The molecule has 2 rings (SSSR count). The van der Waals surface area contributed by atoms with Crippen LogP contribution in [-0.2, 0) is 11.2 Å². The minimum absolute atomic E-state index is 0.120. The van der Waals surface area contributed by atoms with E-state index in [9.17, 15) is 9.59 Å². The SMILES string of the molecule is COc1ccc(CCN2CC(C#N)C(=O)NC2=O)cc1OC. The van der Waals surface area contributed by atoms with Gasteiger partial charge in [-0.15, -0.1) is 0 Å². The first-order valence-electron chi connectivity index (χ1n) is 6.79. The molecule has 0 radical (unpaired) electrons. The Morgan fingerprint density at radius 2 is 2.05 bits per heavy atom. The summed E-state index contributed by atoms with van der Waals surface area (Å²) >= 11 is 0. The van der Waals surface area contributed by atoms with Gasteiger partial charge in [-0.05, 0) is 24.1 Å². The summed E-state index contributed by atoms with van der Waals surface area (Å²) in [5, 5.41) is 11.1. The van der Waals surface area contributed by atoms with E-state index in [-0.39, 0.29) is 6.54 Å². The number of imide groups is 1. The van der Waals surface area contributed by atoms with Gasteiger partial charge in [-0.2, -0.15) is 5.26 Å². The summed E-state index contributed by atoms with van der Waals surface area (Å²) in [6.45, 7) is 0.529. The third-order valence-corrected chi connectivity index (χ3v) is 3.51. The van der Waals surface area contributed by atoms with E-state index >= 15 is 0 Å². The highest BCUT2D eigenvalue weighted by atomic mass is 16.5. The Labute approximate surface area is 128 Å². The zero-order valence-electron chi connectivity index (χ0n) is 12.5. The van der Waals surface area contributed by atoms with Gasteiger partial charge in [0.15, 0.2) is 11.5 Å². The van der Waals surface area contributed by atoms with Crippen molar-refractivity contribution >= 4 is 11.9 Å². The summed E-state index contributed by atoms with van der Waals surface area (Å²) in [6, 6.07) is 6.96. The smallest absolute Gasteiger partial charge is 0.324 e. The third kappa shape index (κ3) is 3.28. The number of carbonyl (C=O) groups excluding carboxylic acids is 2. The highest BCUT2D eigenvalue weighted by Crippen LogP contribution is 2.27. The van der Waals surface area contributed by atoms with Crippen molar-refractivity contribution in [2.75, 3.05) is 27.3 Å². The van der Waals surface area contributed by atoms with Crippen molar-refractivity contribution in [2.24, 2.45) is 5.92 Å². The van der Waals surface area contributed by atoms with E-state index in [0.717, 1.165) is 5.56 Å². The number of rotatable bonds is 5. The van der Waals surface area contributed by atoms with E-state index in [2.05, 4.69) is 5.32 Å². The van der Waals surface area contributed by atoms with Crippen LogP contribution in [0, 0.1) is 17.2 Å². The Bertz CT molecular complexity index is 624. The van der Waals surface area contributed by atoms with Crippen LogP contribution in [0.25, 0.3) is 0 Å². The number of hydrogen-bond acceptors (Lipinski definition) is 5. The van der Waals surface area contributed by atoms with E-state index in [0.29, 0.717) is 24.5 Å². The van der Waals surface area contributed by atoms with E-state index < -0.39 is 17.9 Å². The maximum absolute atomic E-state index is 11.8. The number of hydrogen-bond donors (Lipinski definition) is 1. The fraction of sp³-hybridized carbons (Fsp3) is 0.400. The number of nitriles is 1. The molecule has 1 N–H and O–H groups in total. The molecule has 22 heavy (non-hydrogen) atoms. The molecule has 1 aliphatic rings. The second-order valence-corrected chi connectivity index (χ2v) is 4.86. The molecule has 1 fully saturated rings. The van der Waals surface area contributed by atoms with Crippen molar-refractivity contribution < 1.29 is 19.1 Å². The van der Waals surface area contributed by atoms with E-state index in [4.69, 9.17) is 14.7 Å². The molecule has 1 aromatic carbocycles. The number of methoxy groups -OCH3 is 2. The molecule has 0 aliphatic carbocycles. The first-order chi connectivity index (χ1) is 10.6. The van der Waals surface area contributed by atoms with Gasteiger partial charge in [-0.25, -0.2) is 4.79 Å². The van der Waals surface area contributed by atoms with Crippen LogP contribution < -0.4 is 14.8 Å². The lowest BCUT2D eigenvalue weighted by molar-refractivity contribution is -0.124. The molecule has 7 heteroatoms. The maximum Gasteiger partial charge on any atom is 0.324 e. The molecule has 1 unspecified atom stereocenters. The largest absolute Gasteiger partial charge is 0.493 e. The number of carbonyl (C=O) groups is 2. The Morgan fingerprint density at radius 1 is 1.32 bits per heavy atom. The molecule has 1 saturated heterocycles. The standard InChI is InChI=1S/C15H17N3O4/c1-21-12-4-3-10(7-13(12)22-2)5-6-18-9-11(8-16)14(19)17-15(18)20/h3-4,7,11H,5-6,9H2,1-2H3,(H,17,19,20). The summed E-state index contributed by atoms with van der Waals surface area (Å²) in [5.74, 6) is -0.0942. The zero-order valence-corrected chi connectivity index (χ0v) is 12.5. The summed E-state index contributed by atoms with van der Waals surface area (Å²) in [4.78, 5) is 24.6. The number of amides is 3. The molecule has 7 nitrogen and oxygen atoms in total. The van der Waals surface area contributed by atoms with Crippen molar-refractivity contribution in [1.82, 2.24) is 10.2 Å². The molecule has 0 saturated carbocycles. The minimum Gasteiger partial charge on any atom is -0.493 e. The van der Waals surface area contributed by atoms with Crippen LogP contribution >= 0.6 is 0 Å². The number of nitrogens with one attached hydrogen (secondary N) is 1. The van der Waals surface area contributed by atoms with Gasteiger partial charge in [0, 0.05) is 13.1 Å². The fourth-order valence-electron chi connectivity index (χ4n) is 2.25. The highest BCUT2D eigenvalue weighted by molar-refractivity contribution is 5.99. The van der Waals surface area contributed by atoms with Crippen molar-refractivity contribution in [3.8, 4) is 17.6 Å². The van der Waals surface area contributed by atoms with Gasteiger partial charge in [0.1, 0.15) is 5.92 Å². The number of urea groups is 1. The molecule has 0 spiro atoms. The molecule has 0 bridgehead atoms. The predicted molar refractivity (Wildman–Crippen MR) is 77.5 cm³/mol. The van der Waals surface area contributed by atoms with Gasteiger partial charge in [0.2, 0.25) is 5.91 Å². The summed E-state index contributed by atoms with van der Waals surface area (Å²) < 4.78 is 10.4. The second-order valence-electron chi connectivity index (χ2n) is 4.86. The van der Waals surface area contributed by atoms with Crippen molar-refractivity contribution in [3.63, 3.8) is 0 Å². The minimum atomic E-state index is -0.817. The molecular formula is C15H17N3O4. The van der Waals surface area contributed by atoms with Crippen LogP contribution in [0.4, 0.5) is 4.79 Å². The molecule has 1 heterocycles. The normalized spacial score (nSPS) is 17.7. The molecule has 3 amide bonds.